The van der Waals surface area contributed by atoms with E-state index in [1.54, 1.807) is 12.1 Å². The van der Waals surface area contributed by atoms with E-state index in [2.05, 4.69) is 5.32 Å². The first-order valence-electron chi connectivity index (χ1n) is 9.23. The van der Waals surface area contributed by atoms with Crippen molar-refractivity contribution in [2.75, 3.05) is 24.7 Å². The number of carbonyl (C=O) groups excluding carboxylic acids is 1. The van der Waals surface area contributed by atoms with Crippen molar-refractivity contribution in [3.05, 3.63) is 54.1 Å². The second-order valence-electron chi connectivity index (χ2n) is 7.07. The Bertz CT molecular complexity index is 1190. The number of nitriles is 1. The Hall–Kier alpha value is -2.74. The van der Waals surface area contributed by atoms with Crippen LogP contribution in [0.5, 0.6) is 0 Å². The molecular weight excluding hydrogens is 426 g/mol. The highest BCUT2D eigenvalue weighted by molar-refractivity contribution is 7.91. The number of anilines is 1. The van der Waals surface area contributed by atoms with E-state index in [1.165, 1.54) is 40.7 Å². The maximum atomic E-state index is 12.8. The van der Waals surface area contributed by atoms with Crippen LogP contribution in [0.4, 0.5) is 5.69 Å². The number of hydrogen-bond donors (Lipinski definition) is 1. The van der Waals surface area contributed by atoms with Gasteiger partial charge >= 0.3 is 0 Å². The second-order valence-corrected chi connectivity index (χ2v) is 11.0. The Labute approximate surface area is 176 Å². The van der Waals surface area contributed by atoms with Gasteiger partial charge in [0, 0.05) is 25.3 Å². The summed E-state index contributed by atoms with van der Waals surface area (Å²) in [5.74, 6) is -0.758. The molecule has 1 aliphatic rings. The van der Waals surface area contributed by atoms with Gasteiger partial charge in [0.1, 0.15) is 0 Å². The van der Waals surface area contributed by atoms with Crippen molar-refractivity contribution in [2.24, 2.45) is 5.92 Å². The van der Waals surface area contributed by atoms with Crippen molar-refractivity contribution in [3.8, 4) is 6.07 Å². The molecule has 0 unspecified atom stereocenters. The number of sulfone groups is 1. The van der Waals surface area contributed by atoms with E-state index in [-0.39, 0.29) is 34.5 Å². The van der Waals surface area contributed by atoms with Crippen LogP contribution in [-0.2, 0) is 24.7 Å². The van der Waals surface area contributed by atoms with Gasteiger partial charge in [-0.25, -0.2) is 16.8 Å². The van der Waals surface area contributed by atoms with E-state index in [0.29, 0.717) is 18.4 Å². The number of piperidine rings is 1. The molecule has 0 saturated carbocycles. The third-order valence-electron chi connectivity index (χ3n) is 4.99. The lowest BCUT2D eigenvalue weighted by molar-refractivity contribution is -0.120. The molecule has 0 bridgehead atoms. The summed E-state index contributed by atoms with van der Waals surface area (Å²) < 4.78 is 50.7. The Kier molecular flexibility index (Phi) is 6.26. The Morgan fingerprint density at radius 2 is 1.63 bits per heavy atom. The minimum atomic E-state index is -3.71. The predicted molar refractivity (Wildman–Crippen MR) is 111 cm³/mol. The maximum Gasteiger partial charge on any atom is 0.243 e. The molecule has 1 amide bonds. The second kappa shape index (κ2) is 8.55. The third kappa shape index (κ3) is 4.70. The van der Waals surface area contributed by atoms with Gasteiger partial charge in [-0.2, -0.15) is 9.57 Å². The molecule has 158 valence electrons. The first-order valence-corrected chi connectivity index (χ1v) is 12.6. The molecule has 0 radical (unpaired) electrons. The molecular formula is C20H21N3O5S2. The zero-order chi connectivity index (χ0) is 21.9. The molecule has 1 saturated heterocycles. The molecule has 3 rings (SSSR count). The third-order valence-corrected chi connectivity index (χ3v) is 8.06. The quantitative estimate of drug-likeness (QED) is 0.747. The van der Waals surface area contributed by atoms with Gasteiger partial charge in [-0.05, 0) is 49.2 Å². The summed E-state index contributed by atoms with van der Waals surface area (Å²) in [7, 11) is -7.20. The summed E-state index contributed by atoms with van der Waals surface area (Å²) in [5, 5.41) is 11.5. The van der Waals surface area contributed by atoms with Crippen LogP contribution in [0.3, 0.4) is 0 Å². The summed E-state index contributed by atoms with van der Waals surface area (Å²) >= 11 is 0. The molecule has 1 N–H and O–H groups in total. The fraction of sp³-hybridized carbons (Fsp3) is 0.300. The lowest BCUT2D eigenvalue weighted by Crippen LogP contribution is -2.41. The molecule has 8 nitrogen and oxygen atoms in total. The van der Waals surface area contributed by atoms with E-state index >= 15 is 0 Å². The largest absolute Gasteiger partial charge is 0.325 e. The Morgan fingerprint density at radius 3 is 2.20 bits per heavy atom. The van der Waals surface area contributed by atoms with E-state index in [4.69, 9.17) is 5.26 Å². The Balaban J connectivity index is 1.67. The smallest absolute Gasteiger partial charge is 0.243 e. The fourth-order valence-electron chi connectivity index (χ4n) is 3.34. The van der Waals surface area contributed by atoms with Crippen molar-refractivity contribution < 1.29 is 21.6 Å². The molecule has 30 heavy (non-hydrogen) atoms. The predicted octanol–water partition coefficient (Wildman–Crippen LogP) is 2.00. The molecule has 1 heterocycles. The molecule has 1 fully saturated rings. The lowest BCUT2D eigenvalue weighted by atomic mass is 9.97. The van der Waals surface area contributed by atoms with Crippen LogP contribution < -0.4 is 5.32 Å². The number of hydrogen-bond acceptors (Lipinski definition) is 6. The van der Waals surface area contributed by atoms with Crippen LogP contribution in [0, 0.1) is 17.2 Å². The van der Waals surface area contributed by atoms with Gasteiger partial charge in [-0.15, -0.1) is 0 Å². The zero-order valence-corrected chi connectivity index (χ0v) is 17.9. The average molecular weight is 448 g/mol. The Morgan fingerprint density at radius 1 is 1.03 bits per heavy atom. The SMILES string of the molecule is CS(=O)(=O)c1ccccc1NC(=O)C1CCN(S(=O)(=O)c2ccc(C#N)cc2)CC1. The molecule has 2 aromatic rings. The molecule has 0 aromatic heterocycles. The highest BCUT2D eigenvalue weighted by Gasteiger charge is 2.32. The summed E-state index contributed by atoms with van der Waals surface area (Å²) in [6.07, 6.45) is 1.72. The minimum Gasteiger partial charge on any atom is -0.325 e. The monoisotopic (exact) mass is 447 g/mol. The molecule has 0 aliphatic carbocycles. The summed E-state index contributed by atoms with van der Waals surface area (Å²) in [4.78, 5) is 12.8. The number of nitrogens with one attached hydrogen (secondary N) is 1. The number of rotatable bonds is 5. The maximum absolute atomic E-state index is 12.8. The number of benzene rings is 2. The van der Waals surface area contributed by atoms with Crippen LogP contribution >= 0.6 is 0 Å². The van der Waals surface area contributed by atoms with Crippen molar-refractivity contribution >= 4 is 31.5 Å². The van der Waals surface area contributed by atoms with E-state index < -0.39 is 25.8 Å². The van der Waals surface area contributed by atoms with Crippen LogP contribution in [-0.4, -0.2) is 46.4 Å². The van der Waals surface area contributed by atoms with Gasteiger partial charge < -0.3 is 5.32 Å². The van der Waals surface area contributed by atoms with E-state index in [1.807, 2.05) is 6.07 Å². The summed E-state index contributed by atoms with van der Waals surface area (Å²) in [5.41, 5.74) is 0.594. The van der Waals surface area contributed by atoms with Gasteiger partial charge in [0.2, 0.25) is 15.9 Å². The van der Waals surface area contributed by atoms with Crippen molar-refractivity contribution in [1.29, 1.82) is 5.26 Å². The minimum absolute atomic E-state index is 0.0409. The van der Waals surface area contributed by atoms with Crippen LogP contribution in [0.25, 0.3) is 0 Å². The molecule has 10 heteroatoms. The summed E-state index contributed by atoms with van der Waals surface area (Å²) in [6.45, 7) is 0.349. The molecule has 0 spiro atoms. The molecule has 2 aromatic carbocycles. The van der Waals surface area contributed by atoms with Crippen LogP contribution in [0.1, 0.15) is 18.4 Å². The van der Waals surface area contributed by atoms with E-state index in [0.717, 1.165) is 6.26 Å². The topological polar surface area (TPSA) is 124 Å². The van der Waals surface area contributed by atoms with Crippen molar-refractivity contribution in [1.82, 2.24) is 4.31 Å². The molecule has 1 aliphatic heterocycles. The summed E-state index contributed by atoms with van der Waals surface area (Å²) in [6, 6.07) is 13.8. The number of para-hydroxylation sites is 1. The zero-order valence-electron chi connectivity index (χ0n) is 16.3. The number of sulfonamides is 1. The first kappa shape index (κ1) is 22.0. The van der Waals surface area contributed by atoms with E-state index in [9.17, 15) is 21.6 Å². The van der Waals surface area contributed by atoms with Gasteiger partial charge in [-0.3, -0.25) is 4.79 Å². The van der Waals surface area contributed by atoms with Gasteiger partial charge in [0.05, 0.1) is 27.1 Å². The number of carbonyl (C=O) groups is 1. The van der Waals surface area contributed by atoms with Gasteiger partial charge in [0.25, 0.3) is 0 Å². The first-order chi connectivity index (χ1) is 14.1. The average Bonchev–Trinajstić information content (AvgIpc) is 2.73. The van der Waals surface area contributed by atoms with Gasteiger partial charge in [0.15, 0.2) is 9.84 Å². The van der Waals surface area contributed by atoms with Crippen LogP contribution in [0.15, 0.2) is 58.3 Å². The highest BCUT2D eigenvalue weighted by atomic mass is 32.2. The fourth-order valence-corrected chi connectivity index (χ4v) is 5.65. The standard InChI is InChI=1S/C20H21N3O5S2/c1-29(25,26)19-5-3-2-4-18(19)22-20(24)16-10-12-23(13-11-16)30(27,28)17-8-6-15(14-21)7-9-17/h2-9,16H,10-13H2,1H3,(H,22,24). The number of amides is 1. The van der Waals surface area contributed by atoms with Crippen molar-refractivity contribution in [2.45, 2.75) is 22.6 Å². The number of nitrogens with zero attached hydrogens (tertiary/aromatic N) is 2. The highest BCUT2D eigenvalue weighted by Crippen LogP contribution is 2.27. The molecule has 0 atom stereocenters. The van der Waals surface area contributed by atoms with Crippen LogP contribution in [0.2, 0.25) is 0 Å². The van der Waals surface area contributed by atoms with Gasteiger partial charge in [-0.1, -0.05) is 12.1 Å². The normalized spacial score (nSPS) is 16.0. The lowest BCUT2D eigenvalue weighted by Gasteiger charge is -2.30. The van der Waals surface area contributed by atoms with Crippen molar-refractivity contribution in [3.63, 3.8) is 0 Å².